The summed E-state index contributed by atoms with van der Waals surface area (Å²) in [4.78, 5) is 11.7. The fourth-order valence-electron chi connectivity index (χ4n) is 3.23. The molecule has 0 aliphatic carbocycles. The third-order valence-corrected chi connectivity index (χ3v) is 5.19. The van der Waals surface area contributed by atoms with Gasteiger partial charge in [0.2, 0.25) is 5.91 Å². The van der Waals surface area contributed by atoms with Crippen LogP contribution in [0.25, 0.3) is 0 Å². The molecule has 170 valence electrons. The molecular formula is C25H47NO3. The maximum atomic E-state index is 11.7. The molecular weight excluding hydrogens is 362 g/mol. The van der Waals surface area contributed by atoms with E-state index >= 15 is 0 Å². The average Bonchev–Trinajstić information content (AvgIpc) is 2.73. The van der Waals surface area contributed by atoms with Gasteiger partial charge in [0.25, 0.3) is 0 Å². The van der Waals surface area contributed by atoms with E-state index in [0.29, 0.717) is 6.42 Å². The van der Waals surface area contributed by atoms with Crippen LogP contribution in [0, 0.1) is 0 Å². The van der Waals surface area contributed by atoms with Gasteiger partial charge in [0.1, 0.15) is 0 Å². The van der Waals surface area contributed by atoms with Crippen LogP contribution in [-0.4, -0.2) is 34.9 Å². The quantitative estimate of drug-likeness (QED) is 0.175. The van der Waals surface area contributed by atoms with Gasteiger partial charge in [0, 0.05) is 6.42 Å². The van der Waals surface area contributed by atoms with Crippen molar-refractivity contribution in [1.82, 2.24) is 5.32 Å². The van der Waals surface area contributed by atoms with Gasteiger partial charge in [-0.05, 0) is 32.1 Å². The van der Waals surface area contributed by atoms with Crippen LogP contribution in [0.15, 0.2) is 24.3 Å². The van der Waals surface area contributed by atoms with Crippen molar-refractivity contribution in [3.8, 4) is 0 Å². The van der Waals surface area contributed by atoms with E-state index < -0.39 is 12.1 Å². The highest BCUT2D eigenvalue weighted by Gasteiger charge is 2.17. The standard InChI is InChI=1S/C25H47NO3/c1-3-5-7-8-9-10-11-12-13-14-15-16-17-18-19-20-24(28)23(22-27)26-25(29)21-6-4-2/h15-16,19-20,23-24,27-28H,3-14,17-18,21-22H2,1-2H3,(H,26,29)/b16-15+,20-19+. The monoisotopic (exact) mass is 409 g/mol. The molecule has 2 atom stereocenters. The van der Waals surface area contributed by atoms with Gasteiger partial charge in [0.15, 0.2) is 0 Å². The van der Waals surface area contributed by atoms with Crippen molar-refractivity contribution in [3.63, 3.8) is 0 Å². The smallest absolute Gasteiger partial charge is 0.220 e. The number of hydrogen-bond acceptors (Lipinski definition) is 3. The van der Waals surface area contributed by atoms with Crippen molar-refractivity contribution in [1.29, 1.82) is 0 Å². The van der Waals surface area contributed by atoms with E-state index in [-0.39, 0.29) is 12.5 Å². The van der Waals surface area contributed by atoms with E-state index in [9.17, 15) is 15.0 Å². The lowest BCUT2D eigenvalue weighted by Crippen LogP contribution is -2.45. The number of rotatable bonds is 20. The predicted molar refractivity (Wildman–Crippen MR) is 124 cm³/mol. The minimum atomic E-state index is -0.850. The first-order valence-corrected chi connectivity index (χ1v) is 12.1. The Morgan fingerprint density at radius 1 is 0.793 bits per heavy atom. The maximum absolute atomic E-state index is 11.7. The zero-order valence-electron chi connectivity index (χ0n) is 19.1. The number of allylic oxidation sites excluding steroid dienone is 3. The summed E-state index contributed by atoms with van der Waals surface area (Å²) in [6.07, 6.45) is 24.6. The molecule has 4 heteroatoms. The highest BCUT2D eigenvalue weighted by Crippen LogP contribution is 2.11. The van der Waals surface area contributed by atoms with Crippen molar-refractivity contribution in [3.05, 3.63) is 24.3 Å². The Balaban J connectivity index is 3.68. The first-order chi connectivity index (χ1) is 14.2. The largest absolute Gasteiger partial charge is 0.394 e. The molecule has 0 spiro atoms. The Bertz CT molecular complexity index is 420. The molecule has 0 rings (SSSR count). The van der Waals surface area contributed by atoms with Crippen LogP contribution < -0.4 is 5.32 Å². The number of aliphatic hydroxyl groups is 2. The summed E-state index contributed by atoms with van der Waals surface area (Å²) in [6, 6.07) is -0.627. The van der Waals surface area contributed by atoms with Crippen molar-refractivity contribution in [2.75, 3.05) is 6.61 Å². The first kappa shape index (κ1) is 27.9. The number of hydrogen-bond donors (Lipinski definition) is 3. The molecule has 2 unspecified atom stereocenters. The molecule has 0 saturated carbocycles. The number of nitrogens with one attached hydrogen (secondary N) is 1. The second-order valence-electron chi connectivity index (χ2n) is 8.04. The molecule has 0 aromatic heterocycles. The van der Waals surface area contributed by atoms with Crippen molar-refractivity contribution in [2.45, 2.75) is 122 Å². The summed E-state index contributed by atoms with van der Waals surface area (Å²) in [6.45, 7) is 4.03. The van der Waals surface area contributed by atoms with E-state index in [2.05, 4.69) is 24.4 Å². The Morgan fingerprint density at radius 3 is 1.97 bits per heavy atom. The fraction of sp³-hybridized carbons (Fsp3) is 0.800. The van der Waals surface area contributed by atoms with Crippen LogP contribution in [0.5, 0.6) is 0 Å². The third-order valence-electron chi connectivity index (χ3n) is 5.19. The topological polar surface area (TPSA) is 69.6 Å². The van der Waals surface area contributed by atoms with E-state index in [1.165, 1.54) is 57.8 Å². The number of amides is 1. The molecule has 1 amide bonds. The lowest BCUT2D eigenvalue weighted by atomic mass is 10.1. The van der Waals surface area contributed by atoms with Gasteiger partial charge in [-0.25, -0.2) is 0 Å². The Kier molecular flexibility index (Phi) is 20.7. The first-order valence-electron chi connectivity index (χ1n) is 12.1. The molecule has 0 saturated heterocycles. The van der Waals surface area contributed by atoms with Gasteiger partial charge < -0.3 is 15.5 Å². The summed E-state index contributed by atoms with van der Waals surface area (Å²) >= 11 is 0. The van der Waals surface area contributed by atoms with Gasteiger partial charge in [-0.1, -0.05) is 95.9 Å². The zero-order valence-corrected chi connectivity index (χ0v) is 19.1. The van der Waals surface area contributed by atoms with Gasteiger partial charge in [-0.2, -0.15) is 0 Å². The Hall–Kier alpha value is -1.13. The van der Waals surface area contributed by atoms with E-state index in [4.69, 9.17) is 0 Å². The van der Waals surface area contributed by atoms with Crippen LogP contribution in [0.1, 0.15) is 110 Å². The lowest BCUT2D eigenvalue weighted by Gasteiger charge is -2.19. The number of carbonyl (C=O) groups excluding carboxylic acids is 1. The van der Waals surface area contributed by atoms with E-state index in [1.54, 1.807) is 6.08 Å². The molecule has 0 bridgehead atoms. The summed E-state index contributed by atoms with van der Waals surface area (Å²) in [5, 5.41) is 22.2. The van der Waals surface area contributed by atoms with Gasteiger partial charge >= 0.3 is 0 Å². The minimum absolute atomic E-state index is 0.113. The second-order valence-corrected chi connectivity index (χ2v) is 8.04. The maximum Gasteiger partial charge on any atom is 0.220 e. The SMILES string of the molecule is CCCCCCCCCCC/C=C/CC/C=C/C(O)C(CO)NC(=O)CCCC. The summed E-state index contributed by atoms with van der Waals surface area (Å²) in [5.74, 6) is -0.113. The third kappa shape index (κ3) is 18.6. The molecule has 0 aliphatic rings. The van der Waals surface area contributed by atoms with Crippen LogP contribution in [0.2, 0.25) is 0 Å². The molecule has 3 N–H and O–H groups in total. The molecule has 29 heavy (non-hydrogen) atoms. The molecule has 4 nitrogen and oxygen atoms in total. The lowest BCUT2D eigenvalue weighted by molar-refractivity contribution is -0.122. The van der Waals surface area contributed by atoms with E-state index in [0.717, 1.165) is 32.1 Å². The van der Waals surface area contributed by atoms with E-state index in [1.807, 2.05) is 13.0 Å². The molecule has 0 heterocycles. The normalized spacial score (nSPS) is 13.9. The van der Waals surface area contributed by atoms with Crippen molar-refractivity contribution in [2.24, 2.45) is 0 Å². The molecule has 0 fully saturated rings. The number of carbonyl (C=O) groups is 1. The molecule has 0 aromatic carbocycles. The zero-order chi connectivity index (χ0) is 21.6. The van der Waals surface area contributed by atoms with Crippen LogP contribution in [0.3, 0.4) is 0 Å². The van der Waals surface area contributed by atoms with Crippen molar-refractivity contribution < 1.29 is 15.0 Å². The number of unbranched alkanes of at least 4 members (excludes halogenated alkanes) is 11. The highest BCUT2D eigenvalue weighted by molar-refractivity contribution is 5.76. The number of aliphatic hydroxyl groups excluding tert-OH is 2. The highest BCUT2D eigenvalue weighted by atomic mass is 16.3. The van der Waals surface area contributed by atoms with Crippen LogP contribution >= 0.6 is 0 Å². The summed E-state index contributed by atoms with van der Waals surface area (Å²) in [5.41, 5.74) is 0. The second kappa shape index (κ2) is 21.6. The van der Waals surface area contributed by atoms with Crippen LogP contribution in [0.4, 0.5) is 0 Å². The van der Waals surface area contributed by atoms with Gasteiger partial charge in [-0.3, -0.25) is 4.79 Å². The Morgan fingerprint density at radius 2 is 1.34 bits per heavy atom. The summed E-state index contributed by atoms with van der Waals surface area (Å²) in [7, 11) is 0. The van der Waals surface area contributed by atoms with Gasteiger partial charge in [0.05, 0.1) is 18.8 Å². The fourth-order valence-corrected chi connectivity index (χ4v) is 3.23. The Labute approximate surface area is 179 Å². The predicted octanol–water partition coefficient (Wildman–Crippen LogP) is 5.83. The van der Waals surface area contributed by atoms with Gasteiger partial charge in [-0.15, -0.1) is 0 Å². The molecule has 0 radical (unpaired) electrons. The molecule has 0 aromatic rings. The minimum Gasteiger partial charge on any atom is -0.394 e. The average molecular weight is 410 g/mol. The summed E-state index contributed by atoms with van der Waals surface area (Å²) < 4.78 is 0. The molecule has 0 aliphatic heterocycles. The van der Waals surface area contributed by atoms with Crippen molar-refractivity contribution >= 4 is 5.91 Å². The van der Waals surface area contributed by atoms with Crippen LogP contribution in [-0.2, 0) is 4.79 Å².